The normalized spacial score (nSPS) is 10.9. The fourth-order valence-electron chi connectivity index (χ4n) is 2.88. The van der Waals surface area contributed by atoms with Gasteiger partial charge in [-0.15, -0.1) is 0 Å². The van der Waals surface area contributed by atoms with Crippen LogP contribution in [0.5, 0.6) is 5.88 Å². The van der Waals surface area contributed by atoms with E-state index in [1.165, 1.54) is 30.5 Å². The Morgan fingerprint density at radius 2 is 2.06 bits per heavy atom. The van der Waals surface area contributed by atoms with E-state index in [9.17, 15) is 18.4 Å². The highest BCUT2D eigenvalue weighted by Gasteiger charge is 2.18. The van der Waals surface area contributed by atoms with Gasteiger partial charge >= 0.3 is 6.61 Å². The largest absolute Gasteiger partial charge is 0.417 e. The molecule has 0 unspecified atom stereocenters. The smallest absolute Gasteiger partial charge is 0.388 e. The van der Waals surface area contributed by atoms with Crippen LogP contribution in [-0.2, 0) is 11.3 Å². The second-order valence-electron chi connectivity index (χ2n) is 6.67. The number of rotatable bonds is 8. The number of aromatic amines is 1. The van der Waals surface area contributed by atoms with Gasteiger partial charge in [0, 0.05) is 42.4 Å². The molecule has 2 aromatic heterocycles. The molecule has 2 heterocycles. The van der Waals surface area contributed by atoms with E-state index in [-0.39, 0.29) is 46.0 Å². The summed E-state index contributed by atoms with van der Waals surface area (Å²) in [6.07, 6.45) is 2.16. The minimum absolute atomic E-state index is 0.00485. The fraction of sp³-hybridized carbons (Fsp3) is 0.238. The number of H-pyrrole nitrogens is 1. The van der Waals surface area contributed by atoms with Crippen molar-refractivity contribution in [2.24, 2.45) is 0 Å². The fourth-order valence-corrected chi connectivity index (χ4v) is 3.11. The molecule has 0 aliphatic carbocycles. The van der Waals surface area contributed by atoms with Crippen molar-refractivity contribution in [2.75, 3.05) is 0 Å². The van der Waals surface area contributed by atoms with Gasteiger partial charge in [-0.2, -0.15) is 8.78 Å². The first-order valence-electron chi connectivity index (χ1n) is 9.55. The van der Waals surface area contributed by atoms with E-state index >= 15 is 4.39 Å². The number of pyridine rings is 1. The van der Waals surface area contributed by atoms with Crippen molar-refractivity contribution in [1.29, 1.82) is 0 Å². The lowest BCUT2D eigenvalue weighted by Gasteiger charge is -2.12. The molecule has 0 spiro atoms. The zero-order valence-corrected chi connectivity index (χ0v) is 17.5. The third kappa shape index (κ3) is 5.64. The maximum atomic E-state index is 15.2. The van der Waals surface area contributed by atoms with Gasteiger partial charge in [0.05, 0.1) is 16.3 Å². The summed E-state index contributed by atoms with van der Waals surface area (Å²) < 4.78 is 44.0. The summed E-state index contributed by atoms with van der Waals surface area (Å²) >= 11 is 6.18. The number of carbonyl (C=O) groups is 1. The van der Waals surface area contributed by atoms with E-state index in [4.69, 9.17) is 11.6 Å². The third-order valence-corrected chi connectivity index (χ3v) is 4.66. The average molecular weight is 467 g/mol. The highest BCUT2D eigenvalue weighted by Crippen LogP contribution is 2.31. The molecule has 0 aliphatic heterocycles. The molecule has 3 aromatic rings. The molecule has 3 rings (SSSR count). The molecule has 0 saturated carbocycles. The predicted molar refractivity (Wildman–Crippen MR) is 112 cm³/mol. The van der Waals surface area contributed by atoms with Crippen molar-refractivity contribution in [3.8, 4) is 28.5 Å². The van der Waals surface area contributed by atoms with Gasteiger partial charge < -0.3 is 15.0 Å². The third-order valence-electron chi connectivity index (χ3n) is 4.34. The summed E-state index contributed by atoms with van der Waals surface area (Å²) in [5.41, 5.74) is -0.124. The Morgan fingerprint density at radius 1 is 1.28 bits per heavy atom. The lowest BCUT2D eigenvalue weighted by atomic mass is 10.1. The topological polar surface area (TPSA) is 97.0 Å². The lowest BCUT2D eigenvalue weighted by molar-refractivity contribution is -0.121. The molecule has 168 valence electrons. The molecule has 1 amide bonds. The zero-order chi connectivity index (χ0) is 23.3. The van der Waals surface area contributed by atoms with Crippen molar-refractivity contribution in [1.82, 2.24) is 20.3 Å². The average Bonchev–Trinajstić information content (AvgIpc) is 2.73. The van der Waals surface area contributed by atoms with Crippen LogP contribution in [0.4, 0.5) is 13.2 Å². The van der Waals surface area contributed by atoms with Crippen LogP contribution in [0, 0.1) is 5.82 Å². The number of benzene rings is 1. The number of carbonyl (C=O) groups excluding carboxylic acids is 1. The minimum atomic E-state index is -3.03. The Balaban J connectivity index is 1.96. The Hall–Kier alpha value is -3.40. The molecule has 1 aromatic carbocycles. The van der Waals surface area contributed by atoms with Crippen LogP contribution in [0.2, 0.25) is 5.02 Å². The van der Waals surface area contributed by atoms with Crippen molar-refractivity contribution in [3.05, 3.63) is 63.3 Å². The summed E-state index contributed by atoms with van der Waals surface area (Å²) in [4.78, 5) is 34.3. The molecule has 0 aliphatic rings. The maximum absolute atomic E-state index is 15.2. The van der Waals surface area contributed by atoms with Gasteiger partial charge in [-0.1, -0.05) is 24.6 Å². The van der Waals surface area contributed by atoms with Crippen molar-refractivity contribution in [2.45, 2.75) is 32.9 Å². The zero-order valence-electron chi connectivity index (χ0n) is 16.8. The van der Waals surface area contributed by atoms with Crippen LogP contribution in [-0.4, -0.2) is 27.5 Å². The van der Waals surface area contributed by atoms with E-state index in [1.807, 2.05) is 6.92 Å². The number of halogens is 4. The number of ether oxygens (including phenoxy) is 1. The summed E-state index contributed by atoms with van der Waals surface area (Å²) in [6, 6.07) is 6.59. The summed E-state index contributed by atoms with van der Waals surface area (Å²) in [5.74, 6) is -1.40. The maximum Gasteiger partial charge on any atom is 0.388 e. The van der Waals surface area contributed by atoms with Gasteiger partial charge in [-0.3, -0.25) is 9.59 Å². The molecule has 7 nitrogen and oxygen atoms in total. The van der Waals surface area contributed by atoms with E-state index in [2.05, 4.69) is 25.0 Å². The van der Waals surface area contributed by atoms with Crippen LogP contribution in [0.1, 0.15) is 25.3 Å². The van der Waals surface area contributed by atoms with Gasteiger partial charge in [-0.05, 0) is 18.6 Å². The molecule has 0 saturated heterocycles. The molecule has 0 atom stereocenters. The van der Waals surface area contributed by atoms with E-state index in [0.29, 0.717) is 18.4 Å². The van der Waals surface area contributed by atoms with Crippen LogP contribution < -0.4 is 15.6 Å². The molecule has 2 N–H and O–H groups in total. The quantitative estimate of drug-likeness (QED) is 0.515. The lowest BCUT2D eigenvalue weighted by Crippen LogP contribution is -2.23. The Labute approximate surface area is 185 Å². The molecule has 11 heteroatoms. The molecular formula is C21H18ClF3N4O3. The number of nitrogens with one attached hydrogen (secondary N) is 2. The number of hydrogen-bond acceptors (Lipinski definition) is 5. The van der Waals surface area contributed by atoms with Crippen molar-refractivity contribution >= 4 is 17.5 Å². The molecule has 0 fully saturated rings. The highest BCUT2D eigenvalue weighted by atomic mass is 35.5. The van der Waals surface area contributed by atoms with Crippen molar-refractivity contribution in [3.63, 3.8) is 0 Å². The molecule has 32 heavy (non-hydrogen) atoms. The Morgan fingerprint density at radius 3 is 2.72 bits per heavy atom. The van der Waals surface area contributed by atoms with Gasteiger partial charge in [0.2, 0.25) is 11.8 Å². The monoisotopic (exact) mass is 466 g/mol. The number of nitrogens with zero attached hydrogens (tertiary/aromatic N) is 2. The highest BCUT2D eigenvalue weighted by molar-refractivity contribution is 6.33. The Kier molecular flexibility index (Phi) is 7.47. The number of aromatic nitrogens is 3. The van der Waals surface area contributed by atoms with Crippen LogP contribution in [0.3, 0.4) is 0 Å². The second-order valence-corrected chi connectivity index (χ2v) is 7.07. The first-order valence-corrected chi connectivity index (χ1v) is 9.92. The molecular weight excluding hydrogens is 449 g/mol. The first kappa shape index (κ1) is 23.3. The number of hydrogen-bond donors (Lipinski definition) is 2. The Bertz CT molecular complexity index is 1170. The van der Waals surface area contributed by atoms with Gasteiger partial charge in [-0.25, -0.2) is 14.4 Å². The predicted octanol–water partition coefficient (Wildman–Crippen LogP) is 4.31. The van der Waals surface area contributed by atoms with E-state index in [1.54, 1.807) is 0 Å². The number of alkyl halides is 2. The van der Waals surface area contributed by atoms with Crippen molar-refractivity contribution < 1.29 is 22.7 Å². The first-order chi connectivity index (χ1) is 15.3. The van der Waals surface area contributed by atoms with E-state index in [0.717, 1.165) is 6.07 Å². The van der Waals surface area contributed by atoms with Gasteiger partial charge in [0.15, 0.2) is 0 Å². The van der Waals surface area contributed by atoms with Crippen LogP contribution in [0.15, 0.2) is 41.3 Å². The van der Waals surface area contributed by atoms with Gasteiger partial charge in [0.25, 0.3) is 5.56 Å². The summed E-state index contributed by atoms with van der Waals surface area (Å²) in [6.45, 7) is -1.24. The molecule has 0 radical (unpaired) electrons. The summed E-state index contributed by atoms with van der Waals surface area (Å²) in [7, 11) is 0. The SMILES string of the molecule is CCCC(=O)NCc1ccc(Cl)c(-c2nc(-c3ccc(OC(F)F)nc3)cc(=O)[nH]2)c1F. The van der Waals surface area contributed by atoms with E-state index < -0.39 is 18.0 Å². The summed E-state index contributed by atoms with van der Waals surface area (Å²) in [5, 5.41) is 2.62. The standard InChI is InChI=1S/C21H18ClF3N4O3/c1-2-3-15(30)26-10-12-4-6-13(22)18(19(12)23)20-28-14(8-16(31)29-20)11-5-7-17(27-9-11)32-21(24)25/h4-9,21H,2-3,10H2,1H3,(H,26,30)(H,28,29,31). The minimum Gasteiger partial charge on any atom is -0.417 e. The van der Waals surface area contributed by atoms with Crippen LogP contribution in [0.25, 0.3) is 22.6 Å². The molecule has 0 bridgehead atoms. The number of amides is 1. The van der Waals surface area contributed by atoms with Gasteiger partial charge in [0.1, 0.15) is 11.6 Å². The second kappa shape index (κ2) is 10.3. The van der Waals surface area contributed by atoms with Crippen LogP contribution >= 0.6 is 11.6 Å².